The number of hydrogen-bond donors (Lipinski definition) is 0. The molecule has 0 aliphatic carbocycles. The highest BCUT2D eigenvalue weighted by atomic mass is 19.1. The largest absolute Gasteiger partial charge is 0.372 e. The highest BCUT2D eigenvalue weighted by molar-refractivity contribution is 5.22. The van der Waals surface area contributed by atoms with Crippen molar-refractivity contribution in [1.82, 2.24) is 4.90 Å². The van der Waals surface area contributed by atoms with Gasteiger partial charge in [0.25, 0.3) is 0 Å². The topological polar surface area (TPSA) is 3.24 Å². The molecular weight excluding hydrogens is 213 g/mol. The number of allylic oxidation sites excluding steroid dienone is 5. The molecule has 1 aliphatic rings. The van der Waals surface area contributed by atoms with Crippen molar-refractivity contribution in [3.63, 3.8) is 0 Å². The van der Waals surface area contributed by atoms with Crippen LogP contribution >= 0.6 is 0 Å². The van der Waals surface area contributed by atoms with E-state index in [-0.39, 0.29) is 5.83 Å². The van der Waals surface area contributed by atoms with Gasteiger partial charge in [-0.15, -0.1) is 0 Å². The van der Waals surface area contributed by atoms with E-state index in [0.717, 1.165) is 31.6 Å². The van der Waals surface area contributed by atoms with Gasteiger partial charge < -0.3 is 4.90 Å². The lowest BCUT2D eigenvalue weighted by Crippen LogP contribution is -2.32. The smallest absolute Gasteiger partial charge is 0.119 e. The molecule has 0 aromatic carbocycles. The second-order valence-electron chi connectivity index (χ2n) is 4.61. The first-order valence-corrected chi connectivity index (χ1v) is 6.13. The molecule has 94 valence electrons. The quantitative estimate of drug-likeness (QED) is 0.521. The Morgan fingerprint density at radius 1 is 1.24 bits per heavy atom. The SMILES string of the molecule is C=C(C)C1CCN(C(=C)/C=C\C(F)=C/C)CC1. The van der Waals surface area contributed by atoms with Crippen molar-refractivity contribution < 1.29 is 4.39 Å². The molecule has 0 saturated carbocycles. The van der Waals surface area contributed by atoms with Gasteiger partial charge in [0.2, 0.25) is 0 Å². The van der Waals surface area contributed by atoms with Gasteiger partial charge in [-0.3, -0.25) is 0 Å². The van der Waals surface area contributed by atoms with Gasteiger partial charge >= 0.3 is 0 Å². The number of halogens is 1. The molecule has 1 rings (SSSR count). The van der Waals surface area contributed by atoms with Crippen molar-refractivity contribution in [2.75, 3.05) is 13.1 Å². The van der Waals surface area contributed by atoms with Crippen LogP contribution in [-0.4, -0.2) is 18.0 Å². The van der Waals surface area contributed by atoms with Crippen molar-refractivity contribution >= 4 is 0 Å². The van der Waals surface area contributed by atoms with Crippen LogP contribution < -0.4 is 0 Å². The molecule has 1 nitrogen and oxygen atoms in total. The minimum Gasteiger partial charge on any atom is -0.372 e. The molecule has 2 heteroatoms. The number of nitrogens with zero attached hydrogens (tertiary/aromatic N) is 1. The van der Waals surface area contributed by atoms with Crippen LogP contribution in [0.15, 0.2) is 48.5 Å². The zero-order valence-electron chi connectivity index (χ0n) is 10.9. The Morgan fingerprint density at radius 2 is 1.82 bits per heavy atom. The predicted octanol–water partition coefficient (Wildman–Crippen LogP) is 4.22. The average molecular weight is 235 g/mol. The summed E-state index contributed by atoms with van der Waals surface area (Å²) in [6, 6.07) is 0. The molecule has 0 radical (unpaired) electrons. The molecule has 0 atom stereocenters. The Labute approximate surface area is 104 Å². The standard InChI is InChI=1S/C15H22FN/c1-5-15(16)7-6-13(4)17-10-8-14(9-11-17)12(2)3/h5-7,14H,2,4,8-11H2,1,3H3/b7-6-,15-5+. The van der Waals surface area contributed by atoms with Crippen molar-refractivity contribution in [3.8, 4) is 0 Å². The Bertz CT molecular complexity index is 344. The van der Waals surface area contributed by atoms with E-state index in [9.17, 15) is 4.39 Å². The molecule has 1 saturated heterocycles. The lowest BCUT2D eigenvalue weighted by atomic mass is 9.91. The van der Waals surface area contributed by atoms with Gasteiger partial charge in [-0.2, -0.15) is 0 Å². The van der Waals surface area contributed by atoms with Crippen molar-refractivity contribution in [2.45, 2.75) is 26.7 Å². The van der Waals surface area contributed by atoms with E-state index in [1.807, 2.05) is 0 Å². The van der Waals surface area contributed by atoms with Gasteiger partial charge in [0, 0.05) is 18.8 Å². The molecule has 0 aromatic rings. The summed E-state index contributed by atoms with van der Waals surface area (Å²) in [5.74, 6) is 0.415. The van der Waals surface area contributed by atoms with E-state index in [4.69, 9.17) is 0 Å². The summed E-state index contributed by atoms with van der Waals surface area (Å²) in [6.07, 6.45) is 6.89. The van der Waals surface area contributed by atoms with E-state index >= 15 is 0 Å². The Balaban J connectivity index is 2.46. The maximum absolute atomic E-state index is 12.9. The zero-order valence-corrected chi connectivity index (χ0v) is 10.9. The van der Waals surface area contributed by atoms with Crippen LogP contribution in [0.4, 0.5) is 4.39 Å². The fourth-order valence-electron chi connectivity index (χ4n) is 2.04. The molecule has 1 aliphatic heterocycles. The van der Waals surface area contributed by atoms with Crippen LogP contribution in [0, 0.1) is 5.92 Å². The predicted molar refractivity (Wildman–Crippen MR) is 72.3 cm³/mol. The van der Waals surface area contributed by atoms with E-state index in [0.29, 0.717) is 5.92 Å². The first-order chi connectivity index (χ1) is 8.04. The van der Waals surface area contributed by atoms with Gasteiger partial charge in [0.1, 0.15) is 5.83 Å². The molecule has 0 aromatic heterocycles. The van der Waals surface area contributed by atoms with E-state index in [1.54, 1.807) is 13.0 Å². The van der Waals surface area contributed by atoms with Crippen LogP contribution in [0.3, 0.4) is 0 Å². The summed E-state index contributed by atoms with van der Waals surface area (Å²) in [4.78, 5) is 2.21. The maximum atomic E-state index is 12.9. The molecular formula is C15H22FN. The number of piperidine rings is 1. The van der Waals surface area contributed by atoms with Gasteiger partial charge in [-0.1, -0.05) is 24.8 Å². The number of rotatable bonds is 4. The normalized spacial score (nSPS) is 18.8. The third kappa shape index (κ3) is 4.22. The number of hydrogen-bond acceptors (Lipinski definition) is 1. The molecule has 0 unspecified atom stereocenters. The van der Waals surface area contributed by atoms with E-state index in [2.05, 4.69) is 25.0 Å². The molecule has 1 heterocycles. The monoisotopic (exact) mass is 235 g/mol. The van der Waals surface area contributed by atoms with Crippen molar-refractivity contribution in [1.29, 1.82) is 0 Å². The van der Waals surface area contributed by atoms with Gasteiger partial charge in [-0.05, 0) is 44.8 Å². The zero-order chi connectivity index (χ0) is 12.8. The minimum absolute atomic E-state index is 0.219. The van der Waals surface area contributed by atoms with Crippen molar-refractivity contribution in [2.24, 2.45) is 5.92 Å². The van der Waals surface area contributed by atoms with Crippen molar-refractivity contribution in [3.05, 3.63) is 48.5 Å². The second kappa shape index (κ2) is 6.43. The Morgan fingerprint density at radius 3 is 2.29 bits per heavy atom. The molecule has 1 fully saturated rings. The first-order valence-electron chi connectivity index (χ1n) is 6.13. The molecule has 0 amide bonds. The summed E-state index contributed by atoms with van der Waals surface area (Å²) in [5.41, 5.74) is 2.16. The van der Waals surface area contributed by atoms with Crippen LogP contribution in [0.25, 0.3) is 0 Å². The van der Waals surface area contributed by atoms with Gasteiger partial charge in [0.05, 0.1) is 0 Å². The molecule has 17 heavy (non-hydrogen) atoms. The summed E-state index contributed by atoms with van der Waals surface area (Å²) < 4.78 is 12.9. The maximum Gasteiger partial charge on any atom is 0.119 e. The summed E-state index contributed by atoms with van der Waals surface area (Å²) in [7, 11) is 0. The Hall–Kier alpha value is -1.31. The van der Waals surface area contributed by atoms with Gasteiger partial charge in [-0.25, -0.2) is 4.39 Å². The first kappa shape index (κ1) is 13.8. The average Bonchev–Trinajstić information content (AvgIpc) is 2.35. The highest BCUT2D eigenvalue weighted by Gasteiger charge is 2.19. The fraction of sp³-hybridized carbons (Fsp3) is 0.467. The fourth-order valence-corrected chi connectivity index (χ4v) is 2.04. The summed E-state index contributed by atoms with van der Waals surface area (Å²) >= 11 is 0. The van der Waals surface area contributed by atoms with Crippen LogP contribution in [0.2, 0.25) is 0 Å². The van der Waals surface area contributed by atoms with Crippen LogP contribution in [0.1, 0.15) is 26.7 Å². The molecule has 0 N–H and O–H groups in total. The van der Waals surface area contributed by atoms with Crippen LogP contribution in [-0.2, 0) is 0 Å². The Kier molecular flexibility index (Phi) is 5.20. The third-order valence-corrected chi connectivity index (χ3v) is 3.31. The van der Waals surface area contributed by atoms with E-state index < -0.39 is 0 Å². The molecule has 0 spiro atoms. The lowest BCUT2D eigenvalue weighted by molar-refractivity contribution is 0.252. The van der Waals surface area contributed by atoms with Crippen LogP contribution in [0.5, 0.6) is 0 Å². The van der Waals surface area contributed by atoms with Gasteiger partial charge in [0.15, 0.2) is 0 Å². The third-order valence-electron chi connectivity index (χ3n) is 3.31. The minimum atomic E-state index is -0.219. The highest BCUT2D eigenvalue weighted by Crippen LogP contribution is 2.25. The molecule has 0 bridgehead atoms. The number of likely N-dealkylation sites (tertiary alicyclic amines) is 1. The lowest BCUT2D eigenvalue weighted by Gasteiger charge is -2.34. The summed E-state index contributed by atoms with van der Waals surface area (Å²) in [5, 5.41) is 0. The van der Waals surface area contributed by atoms with E-state index in [1.165, 1.54) is 17.7 Å². The summed E-state index contributed by atoms with van der Waals surface area (Å²) in [6.45, 7) is 13.7. The second-order valence-corrected chi connectivity index (χ2v) is 4.61.